The molecule has 6 nitrogen and oxygen atoms in total. The van der Waals surface area contributed by atoms with Gasteiger partial charge in [0.15, 0.2) is 10.1 Å². The molecule has 5 aromatic heterocycles. The first-order valence-corrected chi connectivity index (χ1v) is 12.3. The van der Waals surface area contributed by atoms with E-state index in [2.05, 4.69) is 4.98 Å². The molecule has 5 rings (SSSR count). The van der Waals surface area contributed by atoms with Crippen LogP contribution in [0.15, 0.2) is 49.1 Å². The lowest BCUT2D eigenvalue weighted by Gasteiger charge is -2.07. The van der Waals surface area contributed by atoms with Gasteiger partial charge < -0.3 is 0 Å². The summed E-state index contributed by atoms with van der Waals surface area (Å²) in [4.78, 5) is 37.1. The summed E-state index contributed by atoms with van der Waals surface area (Å²) in [5, 5.41) is 7.20. The largest absolute Gasteiger partial charge is 0.290 e. The Morgan fingerprint density at radius 3 is 2.79 bits per heavy atom. The fourth-order valence-corrected chi connectivity index (χ4v) is 6.67. The number of nitrogens with zero attached hydrogens (tertiary/aromatic N) is 4. The van der Waals surface area contributed by atoms with E-state index in [0.29, 0.717) is 27.0 Å². The molecule has 0 atom stereocenters. The first-order valence-electron chi connectivity index (χ1n) is 8.64. The van der Waals surface area contributed by atoms with Crippen LogP contribution in [0.5, 0.6) is 0 Å². The van der Waals surface area contributed by atoms with Crippen molar-refractivity contribution in [1.29, 1.82) is 0 Å². The van der Waals surface area contributed by atoms with Gasteiger partial charge in [-0.25, -0.2) is 9.97 Å². The lowest BCUT2D eigenvalue weighted by Crippen LogP contribution is -2.20. The SMILES string of the molecule is Cc1csc2nc(CSc3nc4scc(-c5cccs5)c4c(=O)n3C)cc(=O)n12. The second-order valence-electron chi connectivity index (χ2n) is 6.43. The van der Waals surface area contributed by atoms with Crippen LogP contribution in [0.3, 0.4) is 0 Å². The standard InChI is InChI=1S/C19H14N4O2S4/c1-10-7-28-19-20-11(6-14(24)23(10)19)8-29-18-21-16-15(17(25)22(18)2)12(9-27-16)13-4-3-5-26-13/h3-7,9H,8H2,1-2H3. The molecule has 0 aliphatic carbocycles. The van der Waals surface area contributed by atoms with Crippen LogP contribution < -0.4 is 11.1 Å². The summed E-state index contributed by atoms with van der Waals surface area (Å²) in [6.07, 6.45) is 0. The fraction of sp³-hybridized carbons (Fsp3) is 0.158. The average molecular weight is 459 g/mol. The molecule has 29 heavy (non-hydrogen) atoms. The van der Waals surface area contributed by atoms with Crippen molar-refractivity contribution < 1.29 is 0 Å². The second-order valence-corrected chi connectivity index (χ2v) is 10.0. The molecule has 0 aliphatic rings. The van der Waals surface area contributed by atoms with Crippen molar-refractivity contribution in [3.63, 3.8) is 0 Å². The van der Waals surface area contributed by atoms with Crippen LogP contribution in [0, 0.1) is 6.92 Å². The van der Waals surface area contributed by atoms with Crippen molar-refractivity contribution in [2.24, 2.45) is 7.05 Å². The highest BCUT2D eigenvalue weighted by Gasteiger charge is 2.16. The minimum absolute atomic E-state index is 0.0560. The van der Waals surface area contributed by atoms with Gasteiger partial charge in [0.1, 0.15) is 4.83 Å². The maximum Gasteiger partial charge on any atom is 0.263 e. The van der Waals surface area contributed by atoms with Crippen LogP contribution in [-0.2, 0) is 12.8 Å². The third kappa shape index (κ3) is 3.16. The van der Waals surface area contributed by atoms with Gasteiger partial charge in [-0.3, -0.25) is 18.6 Å². The van der Waals surface area contributed by atoms with Gasteiger partial charge in [-0.05, 0) is 18.4 Å². The van der Waals surface area contributed by atoms with Gasteiger partial charge >= 0.3 is 0 Å². The van der Waals surface area contributed by atoms with Gasteiger partial charge in [0.2, 0.25) is 0 Å². The highest BCUT2D eigenvalue weighted by atomic mass is 32.2. The zero-order chi connectivity index (χ0) is 20.1. The van der Waals surface area contributed by atoms with E-state index in [1.165, 1.54) is 34.4 Å². The van der Waals surface area contributed by atoms with Crippen LogP contribution in [-0.4, -0.2) is 18.9 Å². The number of fused-ring (bicyclic) bond motifs is 2. The smallest absolute Gasteiger partial charge is 0.263 e. The zero-order valence-corrected chi connectivity index (χ0v) is 18.7. The van der Waals surface area contributed by atoms with E-state index in [0.717, 1.165) is 21.0 Å². The third-order valence-corrected chi connectivity index (χ3v) is 8.32. The van der Waals surface area contributed by atoms with Crippen LogP contribution in [0.2, 0.25) is 0 Å². The molecule has 5 heterocycles. The molecular weight excluding hydrogens is 445 g/mol. The first-order chi connectivity index (χ1) is 14.0. The number of thioether (sulfide) groups is 1. The Balaban J connectivity index is 1.51. The fourth-order valence-electron chi connectivity index (χ4n) is 3.11. The van der Waals surface area contributed by atoms with Gasteiger partial charge in [0.05, 0.1) is 11.1 Å². The monoisotopic (exact) mass is 458 g/mol. The van der Waals surface area contributed by atoms with Gasteiger partial charge in [0, 0.05) is 45.8 Å². The van der Waals surface area contributed by atoms with Crippen molar-refractivity contribution >= 4 is 60.9 Å². The predicted molar refractivity (Wildman–Crippen MR) is 122 cm³/mol. The van der Waals surface area contributed by atoms with E-state index < -0.39 is 0 Å². The summed E-state index contributed by atoms with van der Waals surface area (Å²) in [6, 6.07) is 5.55. The van der Waals surface area contributed by atoms with E-state index in [1.54, 1.807) is 33.4 Å². The summed E-state index contributed by atoms with van der Waals surface area (Å²) < 4.78 is 3.19. The number of hydrogen-bond acceptors (Lipinski definition) is 8. The Morgan fingerprint density at radius 1 is 1.14 bits per heavy atom. The maximum absolute atomic E-state index is 13.0. The first kappa shape index (κ1) is 18.7. The molecule has 0 radical (unpaired) electrons. The minimum atomic E-state index is -0.0829. The minimum Gasteiger partial charge on any atom is -0.290 e. The molecule has 0 unspecified atom stereocenters. The third-order valence-electron chi connectivity index (χ3n) is 4.54. The van der Waals surface area contributed by atoms with Crippen molar-refractivity contribution in [1.82, 2.24) is 18.9 Å². The van der Waals surface area contributed by atoms with Crippen LogP contribution in [0.1, 0.15) is 11.4 Å². The Morgan fingerprint density at radius 2 is 2.00 bits per heavy atom. The Bertz CT molecular complexity index is 1470. The molecular formula is C19H14N4O2S4. The Labute approximate surface area is 181 Å². The van der Waals surface area contributed by atoms with E-state index in [9.17, 15) is 9.59 Å². The number of thiophene rings is 2. The molecule has 10 heteroatoms. The molecule has 0 saturated heterocycles. The van der Waals surface area contributed by atoms with Crippen molar-refractivity contribution in [3.05, 3.63) is 66.4 Å². The number of hydrogen-bond donors (Lipinski definition) is 0. The summed E-state index contributed by atoms with van der Waals surface area (Å²) >= 11 is 5.95. The van der Waals surface area contributed by atoms with Crippen LogP contribution >= 0.6 is 45.8 Å². The molecule has 0 amide bonds. The normalized spacial score (nSPS) is 11.7. The van der Waals surface area contributed by atoms with Crippen molar-refractivity contribution in [2.45, 2.75) is 17.8 Å². The van der Waals surface area contributed by atoms with Crippen molar-refractivity contribution in [3.8, 4) is 10.4 Å². The maximum atomic E-state index is 13.0. The molecule has 0 aromatic carbocycles. The number of thiazole rings is 1. The molecule has 0 spiro atoms. The molecule has 5 aromatic rings. The van der Waals surface area contributed by atoms with E-state index in [1.807, 2.05) is 35.2 Å². The summed E-state index contributed by atoms with van der Waals surface area (Å²) in [5.41, 5.74) is 2.37. The lowest BCUT2D eigenvalue weighted by atomic mass is 10.2. The summed E-state index contributed by atoms with van der Waals surface area (Å²) in [7, 11) is 1.74. The molecule has 0 N–H and O–H groups in total. The predicted octanol–water partition coefficient (Wildman–Crippen LogP) is 4.39. The van der Waals surface area contributed by atoms with Gasteiger partial charge in [-0.2, -0.15) is 0 Å². The molecule has 146 valence electrons. The molecule has 0 fully saturated rings. The lowest BCUT2D eigenvalue weighted by molar-refractivity contribution is 0.728. The number of rotatable bonds is 4. The number of aryl methyl sites for hydroxylation is 1. The van der Waals surface area contributed by atoms with E-state index in [4.69, 9.17) is 4.98 Å². The van der Waals surface area contributed by atoms with Crippen molar-refractivity contribution in [2.75, 3.05) is 0 Å². The summed E-state index contributed by atoms with van der Waals surface area (Å²) in [6.45, 7) is 1.89. The average Bonchev–Trinajstić information content (AvgIpc) is 3.43. The highest BCUT2D eigenvalue weighted by molar-refractivity contribution is 7.98. The summed E-state index contributed by atoms with van der Waals surface area (Å²) in [5.74, 6) is 0.470. The molecule has 0 saturated carbocycles. The zero-order valence-electron chi connectivity index (χ0n) is 15.4. The van der Waals surface area contributed by atoms with E-state index >= 15 is 0 Å². The Kier molecular flexibility index (Phi) is 4.66. The number of aromatic nitrogens is 4. The van der Waals surface area contributed by atoms with Crippen LogP contribution in [0.4, 0.5) is 0 Å². The Hall–Kier alpha value is -2.27. The molecule has 0 aliphatic heterocycles. The molecule has 0 bridgehead atoms. The highest BCUT2D eigenvalue weighted by Crippen LogP contribution is 2.34. The van der Waals surface area contributed by atoms with Gasteiger partial charge in [-0.1, -0.05) is 17.8 Å². The van der Waals surface area contributed by atoms with Crippen LogP contribution in [0.25, 0.3) is 25.6 Å². The topological polar surface area (TPSA) is 69.3 Å². The quantitative estimate of drug-likeness (QED) is 0.295. The van der Waals surface area contributed by atoms with Gasteiger partial charge in [-0.15, -0.1) is 34.0 Å². The van der Waals surface area contributed by atoms with E-state index in [-0.39, 0.29) is 11.1 Å². The van der Waals surface area contributed by atoms with Gasteiger partial charge in [0.25, 0.3) is 11.1 Å². The second kappa shape index (κ2) is 7.21.